The standard InChI is InChI=1S/C14H16ClNO2/c15-12-7-5-11(6-8-12)13(17)14(18)16-9-3-1-2-4-10-16/h5-8H,1-4,9-10H2. The maximum absolute atomic E-state index is 12.1. The van der Waals surface area contributed by atoms with Crippen LogP contribution in [0.25, 0.3) is 0 Å². The molecule has 1 saturated heterocycles. The first-order chi connectivity index (χ1) is 8.68. The van der Waals surface area contributed by atoms with Crippen LogP contribution in [0.2, 0.25) is 5.02 Å². The Morgan fingerprint density at radius 1 is 0.944 bits per heavy atom. The average Bonchev–Trinajstić information content (AvgIpc) is 2.67. The summed E-state index contributed by atoms with van der Waals surface area (Å²) < 4.78 is 0. The van der Waals surface area contributed by atoms with Crippen LogP contribution in [-0.2, 0) is 4.79 Å². The lowest BCUT2D eigenvalue weighted by atomic mass is 10.1. The summed E-state index contributed by atoms with van der Waals surface area (Å²) in [5, 5.41) is 0.564. The normalized spacial score (nSPS) is 16.2. The molecular weight excluding hydrogens is 250 g/mol. The third kappa shape index (κ3) is 3.10. The zero-order valence-corrected chi connectivity index (χ0v) is 10.9. The fraction of sp³-hybridized carbons (Fsp3) is 0.429. The Labute approximate surface area is 112 Å². The Morgan fingerprint density at radius 2 is 1.50 bits per heavy atom. The number of amides is 1. The summed E-state index contributed by atoms with van der Waals surface area (Å²) in [5.74, 6) is -0.826. The third-order valence-corrected chi connectivity index (χ3v) is 3.45. The van der Waals surface area contributed by atoms with Gasteiger partial charge in [-0.3, -0.25) is 9.59 Å². The second-order valence-corrected chi connectivity index (χ2v) is 4.98. The van der Waals surface area contributed by atoms with E-state index >= 15 is 0 Å². The van der Waals surface area contributed by atoms with Crippen LogP contribution < -0.4 is 0 Å². The molecule has 0 aliphatic carbocycles. The van der Waals surface area contributed by atoms with Crippen molar-refractivity contribution in [3.63, 3.8) is 0 Å². The average molecular weight is 266 g/mol. The van der Waals surface area contributed by atoms with Gasteiger partial charge in [0.25, 0.3) is 5.91 Å². The van der Waals surface area contributed by atoms with Gasteiger partial charge in [-0.15, -0.1) is 0 Å². The van der Waals surface area contributed by atoms with Crippen LogP contribution >= 0.6 is 11.6 Å². The number of ketones is 1. The minimum atomic E-state index is -0.437. The predicted molar refractivity (Wildman–Crippen MR) is 70.8 cm³/mol. The maximum Gasteiger partial charge on any atom is 0.294 e. The molecule has 0 spiro atoms. The predicted octanol–water partition coefficient (Wildman–Crippen LogP) is 2.93. The molecule has 0 atom stereocenters. The fourth-order valence-corrected chi connectivity index (χ4v) is 2.27. The molecule has 1 aliphatic heterocycles. The Bertz CT molecular complexity index is 434. The molecule has 1 amide bonds. The zero-order chi connectivity index (χ0) is 13.0. The molecule has 1 fully saturated rings. The molecule has 96 valence electrons. The van der Waals surface area contributed by atoms with Gasteiger partial charge in [0.1, 0.15) is 0 Å². The van der Waals surface area contributed by atoms with Gasteiger partial charge in [0.2, 0.25) is 5.78 Å². The Balaban J connectivity index is 2.07. The molecule has 0 N–H and O–H groups in total. The molecule has 0 radical (unpaired) electrons. The van der Waals surface area contributed by atoms with Gasteiger partial charge in [-0.2, -0.15) is 0 Å². The monoisotopic (exact) mass is 265 g/mol. The van der Waals surface area contributed by atoms with Crippen LogP contribution in [0.5, 0.6) is 0 Å². The van der Waals surface area contributed by atoms with Gasteiger partial charge in [0, 0.05) is 23.7 Å². The van der Waals surface area contributed by atoms with E-state index in [0.717, 1.165) is 25.7 Å². The quantitative estimate of drug-likeness (QED) is 0.609. The van der Waals surface area contributed by atoms with E-state index in [1.807, 2.05) is 0 Å². The molecule has 3 nitrogen and oxygen atoms in total. The Morgan fingerprint density at radius 3 is 2.06 bits per heavy atom. The lowest BCUT2D eigenvalue weighted by molar-refractivity contribution is -0.126. The van der Waals surface area contributed by atoms with Gasteiger partial charge in [-0.25, -0.2) is 0 Å². The van der Waals surface area contributed by atoms with Gasteiger partial charge in [0.05, 0.1) is 0 Å². The Hall–Kier alpha value is -1.35. The number of halogens is 1. The number of nitrogens with zero attached hydrogens (tertiary/aromatic N) is 1. The smallest absolute Gasteiger partial charge is 0.294 e. The van der Waals surface area contributed by atoms with Crippen LogP contribution in [0.4, 0.5) is 0 Å². The first-order valence-electron chi connectivity index (χ1n) is 6.27. The van der Waals surface area contributed by atoms with Crippen molar-refractivity contribution >= 4 is 23.3 Å². The number of hydrogen-bond acceptors (Lipinski definition) is 2. The molecule has 0 bridgehead atoms. The van der Waals surface area contributed by atoms with Crippen LogP contribution in [0.3, 0.4) is 0 Å². The summed E-state index contributed by atoms with van der Waals surface area (Å²) in [5.41, 5.74) is 0.411. The number of likely N-dealkylation sites (tertiary alicyclic amines) is 1. The van der Waals surface area contributed by atoms with Gasteiger partial charge in [0.15, 0.2) is 0 Å². The highest BCUT2D eigenvalue weighted by Crippen LogP contribution is 2.14. The largest absolute Gasteiger partial charge is 0.336 e. The summed E-state index contributed by atoms with van der Waals surface area (Å²) >= 11 is 5.76. The highest BCUT2D eigenvalue weighted by Gasteiger charge is 2.23. The summed E-state index contributed by atoms with van der Waals surface area (Å²) in [4.78, 5) is 25.8. The van der Waals surface area contributed by atoms with Crippen molar-refractivity contribution in [2.45, 2.75) is 25.7 Å². The lowest BCUT2D eigenvalue weighted by Crippen LogP contribution is -2.37. The van der Waals surface area contributed by atoms with Crippen molar-refractivity contribution < 1.29 is 9.59 Å². The zero-order valence-electron chi connectivity index (χ0n) is 10.2. The lowest BCUT2D eigenvalue weighted by Gasteiger charge is -2.19. The van der Waals surface area contributed by atoms with E-state index in [0.29, 0.717) is 23.7 Å². The molecule has 0 unspecified atom stereocenters. The molecule has 4 heteroatoms. The van der Waals surface area contributed by atoms with E-state index in [1.54, 1.807) is 29.2 Å². The topological polar surface area (TPSA) is 37.4 Å². The molecule has 1 aromatic rings. The SMILES string of the molecule is O=C(C(=O)N1CCCCCC1)c1ccc(Cl)cc1. The van der Waals surface area contributed by atoms with Crippen LogP contribution in [-0.4, -0.2) is 29.7 Å². The van der Waals surface area contributed by atoms with E-state index in [9.17, 15) is 9.59 Å². The van der Waals surface area contributed by atoms with Crippen LogP contribution in [0.15, 0.2) is 24.3 Å². The number of rotatable bonds is 2. The van der Waals surface area contributed by atoms with Gasteiger partial charge in [-0.05, 0) is 37.1 Å². The number of carbonyl (C=O) groups is 2. The second kappa shape index (κ2) is 6.01. The highest BCUT2D eigenvalue weighted by molar-refractivity contribution is 6.42. The molecular formula is C14H16ClNO2. The van der Waals surface area contributed by atoms with Gasteiger partial charge >= 0.3 is 0 Å². The number of carbonyl (C=O) groups excluding carboxylic acids is 2. The van der Waals surface area contributed by atoms with E-state index in [4.69, 9.17) is 11.6 Å². The third-order valence-electron chi connectivity index (χ3n) is 3.19. The summed E-state index contributed by atoms with van der Waals surface area (Å²) in [7, 11) is 0. The van der Waals surface area contributed by atoms with E-state index in [-0.39, 0.29) is 5.91 Å². The highest BCUT2D eigenvalue weighted by atomic mass is 35.5. The number of Topliss-reactive ketones (excluding diaryl/α,β-unsaturated/α-hetero) is 1. The van der Waals surface area contributed by atoms with E-state index in [1.165, 1.54) is 0 Å². The molecule has 2 rings (SSSR count). The summed E-state index contributed by atoms with van der Waals surface area (Å²) in [6, 6.07) is 6.45. The van der Waals surface area contributed by atoms with Gasteiger partial charge in [-0.1, -0.05) is 24.4 Å². The molecule has 1 aliphatic rings. The van der Waals surface area contributed by atoms with Crippen molar-refractivity contribution in [2.24, 2.45) is 0 Å². The summed E-state index contributed by atoms with van der Waals surface area (Å²) in [6.07, 6.45) is 4.25. The molecule has 1 heterocycles. The minimum Gasteiger partial charge on any atom is -0.336 e. The summed E-state index contributed by atoms with van der Waals surface area (Å²) in [6.45, 7) is 1.39. The van der Waals surface area contributed by atoms with Crippen molar-refractivity contribution in [2.75, 3.05) is 13.1 Å². The first-order valence-corrected chi connectivity index (χ1v) is 6.65. The molecule has 18 heavy (non-hydrogen) atoms. The fourth-order valence-electron chi connectivity index (χ4n) is 2.14. The maximum atomic E-state index is 12.1. The molecule has 0 aromatic heterocycles. The van der Waals surface area contributed by atoms with Crippen molar-refractivity contribution in [1.82, 2.24) is 4.90 Å². The van der Waals surface area contributed by atoms with E-state index in [2.05, 4.69) is 0 Å². The molecule has 0 saturated carbocycles. The van der Waals surface area contributed by atoms with Crippen molar-refractivity contribution in [1.29, 1.82) is 0 Å². The molecule has 1 aromatic carbocycles. The minimum absolute atomic E-state index is 0.390. The number of benzene rings is 1. The Kier molecular flexibility index (Phi) is 4.37. The second-order valence-electron chi connectivity index (χ2n) is 4.54. The number of hydrogen-bond donors (Lipinski definition) is 0. The van der Waals surface area contributed by atoms with E-state index < -0.39 is 5.78 Å². The van der Waals surface area contributed by atoms with Crippen molar-refractivity contribution in [3.8, 4) is 0 Å². The first kappa shape index (κ1) is 13.1. The van der Waals surface area contributed by atoms with Crippen LogP contribution in [0, 0.1) is 0 Å². The van der Waals surface area contributed by atoms with Crippen LogP contribution in [0.1, 0.15) is 36.0 Å². The van der Waals surface area contributed by atoms with Gasteiger partial charge < -0.3 is 4.90 Å². The van der Waals surface area contributed by atoms with Crippen molar-refractivity contribution in [3.05, 3.63) is 34.9 Å².